The van der Waals surface area contributed by atoms with Crippen LogP contribution in [0.1, 0.15) is 0 Å². The molecule has 0 saturated heterocycles. The first-order valence-electron chi connectivity index (χ1n) is 18.3. The van der Waals surface area contributed by atoms with Gasteiger partial charge in [-0.1, -0.05) is 182 Å². The minimum atomic E-state index is 0.908. The van der Waals surface area contributed by atoms with Gasteiger partial charge in [0.1, 0.15) is 11.2 Å². The molecule has 1 heterocycles. The predicted molar refractivity (Wildman–Crippen MR) is 225 cm³/mol. The normalized spacial score (nSPS) is 11.8. The number of fused-ring (bicyclic) bond motifs is 8. The van der Waals surface area contributed by atoms with E-state index < -0.39 is 0 Å². The molecule has 10 aromatic carbocycles. The van der Waals surface area contributed by atoms with Gasteiger partial charge in [-0.25, -0.2) is 0 Å². The van der Waals surface area contributed by atoms with E-state index in [9.17, 15) is 0 Å². The first-order chi connectivity index (χ1) is 26.3. The molecule has 0 atom stereocenters. The van der Waals surface area contributed by atoms with Crippen molar-refractivity contribution in [3.8, 4) is 44.5 Å². The summed E-state index contributed by atoms with van der Waals surface area (Å²) in [5, 5.41) is 12.2. The van der Waals surface area contributed by atoms with Crippen LogP contribution in [0.25, 0.3) is 110 Å². The molecule has 11 aromatic rings. The molecule has 1 heteroatoms. The zero-order valence-corrected chi connectivity index (χ0v) is 28.9. The van der Waals surface area contributed by atoms with E-state index in [0.717, 1.165) is 16.6 Å². The van der Waals surface area contributed by atoms with E-state index in [1.54, 1.807) is 0 Å². The Morgan fingerprint density at radius 3 is 1.43 bits per heavy atom. The Bertz CT molecular complexity index is 3150. The maximum absolute atomic E-state index is 6.55. The Hall–Kier alpha value is -6.96. The van der Waals surface area contributed by atoms with Gasteiger partial charge in [0.05, 0.1) is 0 Å². The van der Waals surface area contributed by atoms with Crippen LogP contribution < -0.4 is 0 Å². The van der Waals surface area contributed by atoms with E-state index in [0.29, 0.717) is 0 Å². The molecule has 0 aliphatic heterocycles. The average Bonchev–Trinajstić information content (AvgIpc) is 3.63. The summed E-state index contributed by atoms with van der Waals surface area (Å²) in [4.78, 5) is 0. The SMILES string of the molecule is c1ccc(-c2cccc3ccccc23)c(-c2ccc(-c3c4ccccc4c(-c4cccc5oc6ccc7ccccc7c6c45)c4ccccc34)cc2)c1. The topological polar surface area (TPSA) is 13.1 Å². The fourth-order valence-corrected chi connectivity index (χ4v) is 8.77. The molecular formula is C52H32O. The molecular weight excluding hydrogens is 641 g/mol. The molecule has 0 radical (unpaired) electrons. The van der Waals surface area contributed by atoms with E-state index in [4.69, 9.17) is 4.42 Å². The molecule has 246 valence electrons. The second-order valence-electron chi connectivity index (χ2n) is 13.9. The third kappa shape index (κ3) is 4.58. The molecule has 0 aliphatic carbocycles. The Kier molecular flexibility index (Phi) is 6.62. The monoisotopic (exact) mass is 672 g/mol. The number of hydrogen-bond acceptors (Lipinski definition) is 1. The fraction of sp³-hybridized carbons (Fsp3) is 0. The molecule has 1 nitrogen and oxygen atoms in total. The van der Waals surface area contributed by atoms with Crippen molar-refractivity contribution in [3.63, 3.8) is 0 Å². The average molecular weight is 673 g/mol. The molecule has 11 rings (SSSR count). The van der Waals surface area contributed by atoms with Crippen molar-refractivity contribution in [2.24, 2.45) is 0 Å². The largest absolute Gasteiger partial charge is 0.456 e. The molecule has 0 bridgehead atoms. The van der Waals surface area contributed by atoms with Crippen LogP contribution in [0.2, 0.25) is 0 Å². The van der Waals surface area contributed by atoms with E-state index in [2.05, 4.69) is 194 Å². The van der Waals surface area contributed by atoms with Crippen LogP contribution in [-0.2, 0) is 0 Å². The molecule has 0 aliphatic rings. The summed E-state index contributed by atoms with van der Waals surface area (Å²) >= 11 is 0. The van der Waals surface area contributed by atoms with Crippen molar-refractivity contribution in [3.05, 3.63) is 194 Å². The van der Waals surface area contributed by atoms with Crippen LogP contribution in [0.4, 0.5) is 0 Å². The van der Waals surface area contributed by atoms with Gasteiger partial charge in [-0.3, -0.25) is 0 Å². The van der Waals surface area contributed by atoms with Gasteiger partial charge in [0.15, 0.2) is 0 Å². The highest BCUT2D eigenvalue weighted by molar-refractivity contribution is 6.28. The second kappa shape index (κ2) is 11.8. The van der Waals surface area contributed by atoms with Crippen molar-refractivity contribution >= 4 is 65.0 Å². The Balaban J connectivity index is 1.13. The number of hydrogen-bond donors (Lipinski definition) is 0. The molecule has 0 saturated carbocycles. The summed E-state index contributed by atoms with van der Waals surface area (Å²) in [6, 6.07) is 70.4. The lowest BCUT2D eigenvalue weighted by molar-refractivity contribution is 0.669. The first-order valence-corrected chi connectivity index (χ1v) is 18.3. The van der Waals surface area contributed by atoms with Crippen LogP contribution in [0.5, 0.6) is 0 Å². The van der Waals surface area contributed by atoms with Gasteiger partial charge in [-0.15, -0.1) is 0 Å². The third-order valence-electron chi connectivity index (χ3n) is 11.1. The smallest absolute Gasteiger partial charge is 0.136 e. The predicted octanol–water partition coefficient (Wildman–Crippen LogP) is 14.9. The van der Waals surface area contributed by atoms with E-state index in [-0.39, 0.29) is 0 Å². The van der Waals surface area contributed by atoms with Gasteiger partial charge in [-0.05, 0) is 99.7 Å². The maximum Gasteiger partial charge on any atom is 0.136 e. The van der Waals surface area contributed by atoms with Crippen LogP contribution in [0, 0.1) is 0 Å². The molecule has 0 amide bonds. The zero-order valence-electron chi connectivity index (χ0n) is 28.9. The standard InChI is InChI=1S/C52H32O/c1-3-16-37-33(13-1)15-11-24-41(37)40-19-6-5-17-38(40)35-27-29-36(30-28-35)49-42-20-7-9-22-44(42)50(45-23-10-8-21-43(45)49)46-25-12-26-47-52(46)51-39-18-4-2-14-34(39)31-32-48(51)53-47/h1-32H. The summed E-state index contributed by atoms with van der Waals surface area (Å²) in [6.07, 6.45) is 0. The molecule has 0 unspecified atom stereocenters. The minimum Gasteiger partial charge on any atom is -0.456 e. The first kappa shape index (κ1) is 29.7. The number of furan rings is 1. The lowest BCUT2D eigenvalue weighted by atomic mass is 9.84. The lowest BCUT2D eigenvalue weighted by Gasteiger charge is -2.19. The summed E-state index contributed by atoms with van der Waals surface area (Å²) in [5.74, 6) is 0. The Labute approximate surface area is 307 Å². The van der Waals surface area contributed by atoms with Gasteiger partial charge in [-0.2, -0.15) is 0 Å². The lowest BCUT2D eigenvalue weighted by Crippen LogP contribution is -1.92. The van der Waals surface area contributed by atoms with E-state index in [1.165, 1.54) is 93.0 Å². The van der Waals surface area contributed by atoms with Crippen LogP contribution in [-0.4, -0.2) is 0 Å². The minimum absolute atomic E-state index is 0.908. The Morgan fingerprint density at radius 1 is 0.245 bits per heavy atom. The summed E-state index contributed by atoms with van der Waals surface area (Å²) in [5.41, 5.74) is 11.6. The zero-order chi connectivity index (χ0) is 34.9. The highest BCUT2D eigenvalue weighted by Crippen LogP contribution is 2.48. The van der Waals surface area contributed by atoms with E-state index >= 15 is 0 Å². The van der Waals surface area contributed by atoms with Gasteiger partial charge in [0.25, 0.3) is 0 Å². The fourth-order valence-electron chi connectivity index (χ4n) is 8.77. The van der Waals surface area contributed by atoms with Crippen molar-refractivity contribution in [2.75, 3.05) is 0 Å². The van der Waals surface area contributed by atoms with Crippen molar-refractivity contribution in [1.82, 2.24) is 0 Å². The molecule has 0 fully saturated rings. The summed E-state index contributed by atoms with van der Waals surface area (Å²) in [6.45, 7) is 0. The van der Waals surface area contributed by atoms with Crippen LogP contribution in [0.3, 0.4) is 0 Å². The summed E-state index contributed by atoms with van der Waals surface area (Å²) < 4.78 is 6.55. The van der Waals surface area contributed by atoms with Crippen LogP contribution >= 0.6 is 0 Å². The van der Waals surface area contributed by atoms with E-state index in [1.807, 2.05) is 0 Å². The van der Waals surface area contributed by atoms with Gasteiger partial charge in [0, 0.05) is 10.8 Å². The highest BCUT2D eigenvalue weighted by Gasteiger charge is 2.21. The van der Waals surface area contributed by atoms with Crippen molar-refractivity contribution in [2.45, 2.75) is 0 Å². The summed E-state index contributed by atoms with van der Waals surface area (Å²) in [7, 11) is 0. The van der Waals surface area contributed by atoms with Gasteiger partial charge >= 0.3 is 0 Å². The number of benzene rings is 10. The van der Waals surface area contributed by atoms with Gasteiger partial charge < -0.3 is 4.42 Å². The Morgan fingerprint density at radius 2 is 0.717 bits per heavy atom. The van der Waals surface area contributed by atoms with Crippen LogP contribution in [0.15, 0.2) is 199 Å². The second-order valence-corrected chi connectivity index (χ2v) is 13.9. The molecule has 0 N–H and O–H groups in total. The third-order valence-corrected chi connectivity index (χ3v) is 11.1. The molecule has 0 spiro atoms. The molecule has 53 heavy (non-hydrogen) atoms. The van der Waals surface area contributed by atoms with Gasteiger partial charge in [0.2, 0.25) is 0 Å². The number of rotatable bonds is 4. The highest BCUT2D eigenvalue weighted by atomic mass is 16.3. The van der Waals surface area contributed by atoms with Crippen molar-refractivity contribution in [1.29, 1.82) is 0 Å². The maximum atomic E-state index is 6.55. The molecule has 1 aromatic heterocycles. The quantitative estimate of drug-likeness (QED) is 0.170. The van der Waals surface area contributed by atoms with Crippen molar-refractivity contribution < 1.29 is 4.42 Å².